The molecule has 1 N–H and O–H groups in total. The first-order valence-electron chi connectivity index (χ1n) is 7.27. The van der Waals surface area contributed by atoms with Gasteiger partial charge in [-0.1, -0.05) is 30.3 Å². The maximum atomic E-state index is 12.1. The van der Waals surface area contributed by atoms with E-state index in [1.807, 2.05) is 26.2 Å². The molecule has 1 amide bonds. The van der Waals surface area contributed by atoms with Gasteiger partial charge in [-0.2, -0.15) is 5.10 Å². The molecule has 2 unspecified atom stereocenters. The molecule has 1 aromatic heterocycles. The lowest BCUT2D eigenvalue weighted by Gasteiger charge is -2.04. The minimum atomic E-state index is -0.190. The van der Waals surface area contributed by atoms with E-state index in [2.05, 4.69) is 50.7 Å². The number of amides is 1. The van der Waals surface area contributed by atoms with E-state index in [4.69, 9.17) is 0 Å². The molecule has 0 radical (unpaired) electrons. The van der Waals surface area contributed by atoms with Crippen molar-refractivity contribution in [2.24, 2.45) is 18.1 Å². The monoisotopic (exact) mass is 359 g/mol. The summed E-state index contributed by atoms with van der Waals surface area (Å²) in [6.45, 7) is 1.98. The summed E-state index contributed by atoms with van der Waals surface area (Å²) in [6, 6.07) is 12.2. The van der Waals surface area contributed by atoms with Crippen LogP contribution >= 0.6 is 15.9 Å². The summed E-state index contributed by atoms with van der Waals surface area (Å²) in [7, 11) is 1.84. The molecule has 0 bridgehead atoms. The number of hydrazone groups is 1. The Bertz CT molecular complexity index is 721. The van der Waals surface area contributed by atoms with Crippen molar-refractivity contribution in [1.82, 2.24) is 9.99 Å². The van der Waals surface area contributed by atoms with Crippen molar-refractivity contribution in [2.45, 2.75) is 19.3 Å². The number of nitrogens with zero attached hydrogens (tertiary/aromatic N) is 2. The van der Waals surface area contributed by atoms with Crippen LogP contribution in [0, 0.1) is 5.92 Å². The topological polar surface area (TPSA) is 46.4 Å². The first-order valence-corrected chi connectivity index (χ1v) is 8.07. The normalized spacial score (nSPS) is 20.8. The van der Waals surface area contributed by atoms with Gasteiger partial charge in [0.2, 0.25) is 0 Å². The number of rotatable bonds is 4. The fraction of sp³-hybridized carbons (Fsp3) is 0.294. The summed E-state index contributed by atoms with van der Waals surface area (Å²) in [5.74, 6) is 0.776. The van der Waals surface area contributed by atoms with Gasteiger partial charge in [0.15, 0.2) is 0 Å². The van der Waals surface area contributed by atoms with Crippen molar-refractivity contribution in [3.63, 3.8) is 0 Å². The van der Waals surface area contributed by atoms with E-state index in [9.17, 15) is 4.79 Å². The van der Waals surface area contributed by atoms with Crippen molar-refractivity contribution < 1.29 is 4.79 Å². The van der Waals surface area contributed by atoms with E-state index in [1.165, 1.54) is 5.56 Å². The molecule has 0 aliphatic heterocycles. The van der Waals surface area contributed by atoms with Gasteiger partial charge in [0.25, 0.3) is 5.91 Å². The number of halogens is 1. The zero-order chi connectivity index (χ0) is 15.7. The summed E-state index contributed by atoms with van der Waals surface area (Å²) >= 11 is 3.36. The third-order valence-corrected chi connectivity index (χ3v) is 4.53. The smallest absolute Gasteiger partial charge is 0.287 e. The maximum Gasteiger partial charge on any atom is 0.287 e. The molecule has 1 aliphatic carbocycles. The molecule has 4 nitrogen and oxygen atoms in total. The predicted octanol–water partition coefficient (Wildman–Crippen LogP) is 3.70. The van der Waals surface area contributed by atoms with Crippen LogP contribution in [0.3, 0.4) is 0 Å². The molecule has 3 rings (SSSR count). The van der Waals surface area contributed by atoms with Crippen LogP contribution in [-0.2, 0) is 7.05 Å². The van der Waals surface area contributed by atoms with Crippen LogP contribution in [0.25, 0.3) is 0 Å². The molecule has 2 aromatic rings. The summed E-state index contributed by atoms with van der Waals surface area (Å²) in [6.07, 6.45) is 2.95. The molecule has 0 saturated heterocycles. The second-order valence-corrected chi connectivity index (χ2v) is 6.62. The second kappa shape index (κ2) is 6.08. The Hall–Kier alpha value is -1.88. The molecule has 5 heteroatoms. The number of benzene rings is 1. The van der Waals surface area contributed by atoms with E-state index < -0.39 is 0 Å². The van der Waals surface area contributed by atoms with Crippen molar-refractivity contribution in [2.75, 3.05) is 0 Å². The minimum absolute atomic E-state index is 0.190. The molecule has 2 atom stereocenters. The van der Waals surface area contributed by atoms with Crippen LogP contribution in [-0.4, -0.2) is 16.2 Å². The van der Waals surface area contributed by atoms with Gasteiger partial charge < -0.3 is 4.57 Å². The Morgan fingerprint density at radius 1 is 1.36 bits per heavy atom. The zero-order valence-electron chi connectivity index (χ0n) is 12.6. The van der Waals surface area contributed by atoms with Gasteiger partial charge in [-0.05, 0) is 46.8 Å². The van der Waals surface area contributed by atoms with Crippen LogP contribution in [0.1, 0.15) is 35.3 Å². The van der Waals surface area contributed by atoms with Crippen molar-refractivity contribution in [1.29, 1.82) is 0 Å². The Balaban J connectivity index is 1.62. The van der Waals surface area contributed by atoms with Gasteiger partial charge in [-0.25, -0.2) is 5.43 Å². The van der Waals surface area contributed by atoms with Gasteiger partial charge in [-0.3, -0.25) is 4.79 Å². The molecule has 1 aromatic carbocycles. The Kier molecular flexibility index (Phi) is 4.16. The van der Waals surface area contributed by atoms with E-state index in [-0.39, 0.29) is 5.91 Å². The number of nitrogens with one attached hydrogen (secondary N) is 1. The number of carbonyl (C=O) groups is 1. The second-order valence-electron chi connectivity index (χ2n) is 5.71. The number of carbonyl (C=O) groups excluding carboxylic acids is 1. The van der Waals surface area contributed by atoms with Gasteiger partial charge >= 0.3 is 0 Å². The van der Waals surface area contributed by atoms with Crippen LogP contribution in [0.5, 0.6) is 0 Å². The fourth-order valence-corrected chi connectivity index (χ4v) is 3.28. The summed E-state index contributed by atoms with van der Waals surface area (Å²) in [4.78, 5) is 12.1. The van der Waals surface area contributed by atoms with Gasteiger partial charge in [0.05, 0.1) is 0 Å². The standard InChI is InChI=1S/C17H18BrN3O/c1-11(14-9-15(14)12-6-4-3-5-7-12)19-20-17(22)16-8-13(18)10-21(16)2/h3-8,10,14-15H,9H2,1-2H3,(H,20,22). The fourth-order valence-electron chi connectivity index (χ4n) is 2.75. The first-order chi connectivity index (χ1) is 10.6. The molecule has 1 fully saturated rings. The largest absolute Gasteiger partial charge is 0.345 e. The molecule has 1 saturated carbocycles. The molecular weight excluding hydrogens is 342 g/mol. The van der Waals surface area contributed by atoms with Gasteiger partial charge in [0, 0.05) is 29.3 Å². The van der Waals surface area contributed by atoms with E-state index in [0.29, 0.717) is 17.5 Å². The van der Waals surface area contributed by atoms with Gasteiger partial charge in [0.1, 0.15) is 5.69 Å². The highest BCUT2D eigenvalue weighted by atomic mass is 79.9. The Morgan fingerprint density at radius 3 is 2.73 bits per heavy atom. The lowest BCUT2D eigenvalue weighted by atomic mass is 10.1. The Labute approximate surface area is 138 Å². The molecule has 22 heavy (non-hydrogen) atoms. The lowest BCUT2D eigenvalue weighted by molar-refractivity contribution is 0.0946. The highest BCUT2D eigenvalue weighted by Gasteiger charge is 2.40. The van der Waals surface area contributed by atoms with E-state index in [0.717, 1.165) is 16.6 Å². The number of hydrogen-bond acceptors (Lipinski definition) is 2. The highest BCUT2D eigenvalue weighted by Crippen LogP contribution is 2.48. The molecule has 114 valence electrons. The third kappa shape index (κ3) is 3.14. The van der Waals surface area contributed by atoms with Crippen LogP contribution in [0.2, 0.25) is 0 Å². The first kappa shape index (κ1) is 15.0. The van der Waals surface area contributed by atoms with Crippen molar-refractivity contribution >= 4 is 27.5 Å². The number of aryl methyl sites for hydroxylation is 1. The predicted molar refractivity (Wildman–Crippen MR) is 91.0 cm³/mol. The average molecular weight is 360 g/mol. The van der Waals surface area contributed by atoms with Gasteiger partial charge in [-0.15, -0.1) is 0 Å². The zero-order valence-corrected chi connectivity index (χ0v) is 14.2. The number of hydrogen-bond donors (Lipinski definition) is 1. The summed E-state index contributed by atoms with van der Waals surface area (Å²) in [5, 5.41) is 4.28. The summed E-state index contributed by atoms with van der Waals surface area (Å²) in [5.41, 5.74) is 5.56. The van der Waals surface area contributed by atoms with Crippen molar-refractivity contribution in [3.8, 4) is 0 Å². The molecular formula is C17H18BrN3O. The highest BCUT2D eigenvalue weighted by molar-refractivity contribution is 9.10. The Morgan fingerprint density at radius 2 is 2.09 bits per heavy atom. The average Bonchev–Trinajstić information content (AvgIpc) is 3.24. The van der Waals surface area contributed by atoms with E-state index >= 15 is 0 Å². The molecule has 0 spiro atoms. The lowest BCUT2D eigenvalue weighted by Crippen LogP contribution is -2.21. The van der Waals surface area contributed by atoms with E-state index in [1.54, 1.807) is 10.6 Å². The van der Waals surface area contributed by atoms with Crippen LogP contribution in [0.4, 0.5) is 0 Å². The van der Waals surface area contributed by atoms with Crippen LogP contribution < -0.4 is 5.43 Å². The van der Waals surface area contributed by atoms with Crippen LogP contribution in [0.15, 0.2) is 52.2 Å². The maximum absolute atomic E-state index is 12.1. The number of aromatic nitrogens is 1. The molecule has 1 aliphatic rings. The molecule has 1 heterocycles. The SMILES string of the molecule is CC(=NNC(=O)c1cc(Br)cn1C)C1CC1c1ccccc1. The van der Waals surface area contributed by atoms with Crippen molar-refractivity contribution in [3.05, 3.63) is 58.3 Å². The minimum Gasteiger partial charge on any atom is -0.345 e. The quantitative estimate of drug-likeness (QED) is 0.656. The third-order valence-electron chi connectivity index (χ3n) is 4.09. The summed E-state index contributed by atoms with van der Waals surface area (Å²) < 4.78 is 2.65.